The summed E-state index contributed by atoms with van der Waals surface area (Å²) in [5.74, 6) is -0.156. The van der Waals surface area contributed by atoms with Crippen LogP contribution >= 0.6 is 0 Å². The Morgan fingerprint density at radius 2 is 2.43 bits per heavy atom. The van der Waals surface area contributed by atoms with Gasteiger partial charge in [-0.05, 0) is 31.4 Å². The number of carbonyl (C=O) groups is 1. The van der Waals surface area contributed by atoms with Crippen LogP contribution < -0.4 is 10.6 Å². The second-order valence-electron chi connectivity index (χ2n) is 5.05. The molecule has 0 spiro atoms. The fourth-order valence-electron chi connectivity index (χ4n) is 2.18. The van der Waals surface area contributed by atoms with Crippen LogP contribution in [0.25, 0.3) is 0 Å². The summed E-state index contributed by atoms with van der Waals surface area (Å²) in [7, 11) is 1.64. The van der Waals surface area contributed by atoms with Gasteiger partial charge in [0.15, 0.2) is 0 Å². The van der Waals surface area contributed by atoms with Gasteiger partial charge in [0.1, 0.15) is 5.69 Å². The predicted molar refractivity (Wildman–Crippen MR) is 80.5 cm³/mol. The SMILES string of the molecule is COCCCNC(=O)c1ccc(NCC2CCCO2)cn1. The van der Waals surface area contributed by atoms with Gasteiger partial charge in [0.05, 0.1) is 18.0 Å². The Labute approximate surface area is 125 Å². The lowest BCUT2D eigenvalue weighted by molar-refractivity contribution is 0.0943. The zero-order chi connectivity index (χ0) is 14.9. The van der Waals surface area contributed by atoms with Crippen LogP contribution in [0, 0.1) is 0 Å². The Morgan fingerprint density at radius 1 is 1.52 bits per heavy atom. The fourth-order valence-corrected chi connectivity index (χ4v) is 2.18. The summed E-state index contributed by atoms with van der Waals surface area (Å²) in [6.07, 6.45) is 4.99. The summed E-state index contributed by atoms with van der Waals surface area (Å²) >= 11 is 0. The molecular weight excluding hydrogens is 270 g/mol. The van der Waals surface area contributed by atoms with Crippen LogP contribution in [0.1, 0.15) is 29.8 Å². The number of anilines is 1. The Morgan fingerprint density at radius 3 is 3.10 bits per heavy atom. The van der Waals surface area contributed by atoms with Gasteiger partial charge >= 0.3 is 0 Å². The molecule has 0 bridgehead atoms. The molecular formula is C15H23N3O3. The van der Waals surface area contributed by atoms with E-state index in [1.165, 1.54) is 0 Å². The highest BCUT2D eigenvalue weighted by Crippen LogP contribution is 2.13. The average Bonchev–Trinajstić information content (AvgIpc) is 3.03. The maximum atomic E-state index is 11.8. The van der Waals surface area contributed by atoms with Crippen molar-refractivity contribution in [2.24, 2.45) is 0 Å². The molecule has 1 aromatic rings. The summed E-state index contributed by atoms with van der Waals surface area (Å²) in [5.41, 5.74) is 1.33. The monoisotopic (exact) mass is 293 g/mol. The van der Waals surface area contributed by atoms with Gasteiger partial charge in [-0.3, -0.25) is 4.79 Å². The topological polar surface area (TPSA) is 72.5 Å². The van der Waals surface area contributed by atoms with Crippen LogP contribution in [0.15, 0.2) is 18.3 Å². The van der Waals surface area contributed by atoms with Crippen molar-refractivity contribution in [2.75, 3.05) is 38.7 Å². The van der Waals surface area contributed by atoms with E-state index in [-0.39, 0.29) is 12.0 Å². The van der Waals surface area contributed by atoms with Crippen molar-refractivity contribution in [1.82, 2.24) is 10.3 Å². The molecule has 1 amide bonds. The third kappa shape index (κ3) is 5.32. The lowest BCUT2D eigenvalue weighted by Crippen LogP contribution is -2.26. The molecule has 1 aliphatic rings. The summed E-state index contributed by atoms with van der Waals surface area (Å²) in [4.78, 5) is 16.0. The van der Waals surface area contributed by atoms with Crippen LogP contribution in [0.4, 0.5) is 5.69 Å². The second kappa shape index (κ2) is 8.59. The predicted octanol–water partition coefficient (Wildman–Crippen LogP) is 1.44. The summed E-state index contributed by atoms with van der Waals surface area (Å²) in [6, 6.07) is 3.59. The Bertz CT molecular complexity index is 430. The van der Waals surface area contributed by atoms with E-state index in [0.717, 1.165) is 38.1 Å². The third-order valence-corrected chi connectivity index (χ3v) is 3.36. The second-order valence-corrected chi connectivity index (χ2v) is 5.05. The molecule has 2 rings (SSSR count). The number of ether oxygens (including phenoxy) is 2. The highest BCUT2D eigenvalue weighted by atomic mass is 16.5. The van der Waals surface area contributed by atoms with Crippen molar-refractivity contribution in [2.45, 2.75) is 25.4 Å². The first-order valence-corrected chi connectivity index (χ1v) is 7.38. The minimum absolute atomic E-state index is 0.156. The first-order valence-electron chi connectivity index (χ1n) is 7.38. The molecule has 1 saturated heterocycles. The van der Waals surface area contributed by atoms with Crippen LogP contribution in [0.3, 0.4) is 0 Å². The number of hydrogen-bond acceptors (Lipinski definition) is 5. The van der Waals surface area contributed by atoms with Crippen molar-refractivity contribution in [3.63, 3.8) is 0 Å². The number of carbonyl (C=O) groups excluding carboxylic acids is 1. The van der Waals surface area contributed by atoms with E-state index in [1.54, 1.807) is 19.4 Å². The van der Waals surface area contributed by atoms with E-state index in [4.69, 9.17) is 9.47 Å². The number of nitrogens with one attached hydrogen (secondary N) is 2. The molecule has 0 radical (unpaired) electrons. The Balaban J connectivity index is 1.73. The number of amides is 1. The molecule has 1 atom stereocenters. The highest BCUT2D eigenvalue weighted by Gasteiger charge is 2.14. The first-order chi connectivity index (χ1) is 10.3. The quantitative estimate of drug-likeness (QED) is 0.710. The van der Waals surface area contributed by atoms with Crippen LogP contribution in [0.2, 0.25) is 0 Å². The number of pyridine rings is 1. The Kier molecular flexibility index (Phi) is 6.43. The van der Waals surface area contributed by atoms with Gasteiger partial charge in [-0.1, -0.05) is 0 Å². The molecule has 0 aromatic carbocycles. The van der Waals surface area contributed by atoms with Crippen LogP contribution in [-0.2, 0) is 9.47 Å². The molecule has 0 aliphatic carbocycles. The van der Waals surface area contributed by atoms with Crippen molar-refractivity contribution in [3.8, 4) is 0 Å². The molecule has 0 saturated carbocycles. The van der Waals surface area contributed by atoms with E-state index in [9.17, 15) is 4.79 Å². The van der Waals surface area contributed by atoms with Gasteiger partial charge in [-0.2, -0.15) is 0 Å². The molecule has 1 aromatic heterocycles. The van der Waals surface area contributed by atoms with Crippen molar-refractivity contribution < 1.29 is 14.3 Å². The number of hydrogen-bond donors (Lipinski definition) is 2. The molecule has 1 aliphatic heterocycles. The fraction of sp³-hybridized carbons (Fsp3) is 0.600. The molecule has 1 unspecified atom stereocenters. The third-order valence-electron chi connectivity index (χ3n) is 3.36. The van der Waals surface area contributed by atoms with Crippen molar-refractivity contribution in [1.29, 1.82) is 0 Å². The number of rotatable bonds is 8. The molecule has 1 fully saturated rings. The normalized spacial score (nSPS) is 17.7. The van der Waals surface area contributed by atoms with E-state index < -0.39 is 0 Å². The first kappa shape index (κ1) is 15.7. The van der Waals surface area contributed by atoms with Crippen LogP contribution in [-0.4, -0.2) is 50.4 Å². The molecule has 2 heterocycles. The van der Waals surface area contributed by atoms with E-state index >= 15 is 0 Å². The van der Waals surface area contributed by atoms with E-state index in [2.05, 4.69) is 15.6 Å². The lowest BCUT2D eigenvalue weighted by Gasteiger charge is -2.11. The summed E-state index contributed by atoms with van der Waals surface area (Å²) in [5, 5.41) is 6.09. The van der Waals surface area contributed by atoms with E-state index in [1.807, 2.05) is 6.07 Å². The van der Waals surface area contributed by atoms with Crippen molar-refractivity contribution in [3.05, 3.63) is 24.0 Å². The van der Waals surface area contributed by atoms with Gasteiger partial charge in [0.25, 0.3) is 5.91 Å². The molecule has 6 heteroatoms. The number of methoxy groups -OCH3 is 1. The zero-order valence-electron chi connectivity index (χ0n) is 12.4. The van der Waals surface area contributed by atoms with Crippen LogP contribution in [0.5, 0.6) is 0 Å². The van der Waals surface area contributed by atoms with Gasteiger partial charge in [-0.15, -0.1) is 0 Å². The Hall–Kier alpha value is -1.66. The van der Waals surface area contributed by atoms with Gasteiger partial charge in [0.2, 0.25) is 0 Å². The van der Waals surface area contributed by atoms with Gasteiger partial charge in [0, 0.05) is 33.4 Å². The number of aromatic nitrogens is 1. The minimum Gasteiger partial charge on any atom is -0.385 e. The summed E-state index contributed by atoms with van der Waals surface area (Å²) < 4.78 is 10.5. The molecule has 6 nitrogen and oxygen atoms in total. The van der Waals surface area contributed by atoms with Crippen molar-refractivity contribution >= 4 is 11.6 Å². The summed E-state index contributed by atoms with van der Waals surface area (Å²) in [6.45, 7) is 2.87. The highest BCUT2D eigenvalue weighted by molar-refractivity contribution is 5.92. The van der Waals surface area contributed by atoms with Gasteiger partial charge < -0.3 is 20.1 Å². The number of nitrogens with zero attached hydrogens (tertiary/aromatic N) is 1. The molecule has 116 valence electrons. The lowest BCUT2D eigenvalue weighted by atomic mass is 10.2. The van der Waals surface area contributed by atoms with Gasteiger partial charge in [-0.25, -0.2) is 4.98 Å². The maximum Gasteiger partial charge on any atom is 0.269 e. The standard InChI is InChI=1S/C15H23N3O3/c1-20-8-3-7-16-15(19)14-6-5-12(10-18-14)17-11-13-4-2-9-21-13/h5-6,10,13,17H,2-4,7-9,11H2,1H3,(H,16,19). The minimum atomic E-state index is -0.156. The largest absolute Gasteiger partial charge is 0.385 e. The maximum absolute atomic E-state index is 11.8. The smallest absolute Gasteiger partial charge is 0.269 e. The molecule has 21 heavy (non-hydrogen) atoms. The zero-order valence-corrected chi connectivity index (χ0v) is 12.4. The van der Waals surface area contributed by atoms with E-state index in [0.29, 0.717) is 18.8 Å². The average molecular weight is 293 g/mol. The molecule has 2 N–H and O–H groups in total.